The Labute approximate surface area is 104 Å². The van der Waals surface area contributed by atoms with E-state index in [9.17, 15) is 0 Å². The molecule has 1 aromatic carbocycles. The van der Waals surface area contributed by atoms with Gasteiger partial charge in [-0.1, -0.05) is 52.4 Å². The summed E-state index contributed by atoms with van der Waals surface area (Å²) in [5.41, 5.74) is 2.53. The number of halogens is 1. The Morgan fingerprint density at radius 3 is 2.53 bits per heavy atom. The van der Waals surface area contributed by atoms with Crippen molar-refractivity contribution in [3.8, 4) is 0 Å². The maximum absolute atomic E-state index is 5.68. The molecule has 15 heavy (non-hydrogen) atoms. The predicted octanol–water partition coefficient (Wildman–Crippen LogP) is 2.72. The number of benzene rings is 1. The highest BCUT2D eigenvalue weighted by atomic mass is 127. The van der Waals surface area contributed by atoms with Gasteiger partial charge in [-0.25, -0.2) is 0 Å². The number of aryl methyl sites for hydroxylation is 1. The number of hydrogen-bond acceptors (Lipinski definition) is 2. The lowest BCUT2D eigenvalue weighted by molar-refractivity contribution is -0.0435. The van der Waals surface area contributed by atoms with Crippen LogP contribution >= 0.6 is 22.6 Å². The fourth-order valence-electron chi connectivity index (χ4n) is 1.44. The molecule has 1 aromatic rings. The van der Waals surface area contributed by atoms with Crippen molar-refractivity contribution in [3.63, 3.8) is 0 Å². The van der Waals surface area contributed by atoms with Gasteiger partial charge in [-0.2, -0.15) is 0 Å². The molecule has 0 amide bonds. The summed E-state index contributed by atoms with van der Waals surface area (Å²) >= 11 is 2.42. The van der Waals surface area contributed by atoms with E-state index in [-0.39, 0.29) is 3.42 Å². The first-order chi connectivity index (χ1) is 7.18. The first-order valence-corrected chi connectivity index (χ1v) is 6.16. The Hall–Kier alpha value is -0.130. The highest BCUT2D eigenvalue weighted by Gasteiger charge is 2.35. The van der Waals surface area contributed by atoms with E-state index in [0.717, 1.165) is 19.8 Å². The zero-order valence-corrected chi connectivity index (χ0v) is 11.0. The molecule has 1 aliphatic rings. The van der Waals surface area contributed by atoms with Gasteiger partial charge in [0.15, 0.2) is 0 Å². The van der Waals surface area contributed by atoms with Crippen LogP contribution in [0.5, 0.6) is 0 Å². The molecular formula is C12H15IO2. The van der Waals surface area contributed by atoms with Gasteiger partial charge in [-0.05, 0) is 12.5 Å². The van der Waals surface area contributed by atoms with Gasteiger partial charge in [-0.15, -0.1) is 0 Å². The van der Waals surface area contributed by atoms with Gasteiger partial charge in [0.1, 0.15) is 0 Å². The minimum absolute atomic E-state index is 0.225. The van der Waals surface area contributed by atoms with Crippen molar-refractivity contribution >= 4 is 22.6 Å². The summed E-state index contributed by atoms with van der Waals surface area (Å²) in [7, 11) is 0. The lowest BCUT2D eigenvalue weighted by Crippen LogP contribution is -2.47. The standard InChI is InChI=1S/C12H15IO2/c1-10-2-4-11(5-3-10)6-14-7-12(13)8-15-9-12/h2-5H,6-9H2,1H3. The van der Waals surface area contributed by atoms with Crippen molar-refractivity contribution in [2.75, 3.05) is 19.8 Å². The van der Waals surface area contributed by atoms with Crippen LogP contribution in [0.15, 0.2) is 24.3 Å². The highest BCUT2D eigenvalue weighted by molar-refractivity contribution is 14.1. The summed E-state index contributed by atoms with van der Waals surface area (Å²) < 4.78 is 11.1. The quantitative estimate of drug-likeness (QED) is 0.628. The Bertz CT molecular complexity index is 317. The Morgan fingerprint density at radius 2 is 2.00 bits per heavy atom. The van der Waals surface area contributed by atoms with Crippen LogP contribution in [0.25, 0.3) is 0 Å². The second-order valence-electron chi connectivity index (χ2n) is 4.12. The molecule has 1 saturated heterocycles. The minimum Gasteiger partial charge on any atom is -0.378 e. The molecule has 0 bridgehead atoms. The largest absolute Gasteiger partial charge is 0.378 e. The van der Waals surface area contributed by atoms with Crippen LogP contribution in [0.1, 0.15) is 11.1 Å². The molecule has 1 aliphatic heterocycles. The first-order valence-electron chi connectivity index (χ1n) is 5.08. The maximum atomic E-state index is 5.68. The molecule has 0 unspecified atom stereocenters. The fraction of sp³-hybridized carbons (Fsp3) is 0.500. The third kappa shape index (κ3) is 3.16. The fourth-order valence-corrected chi connectivity index (χ4v) is 2.10. The SMILES string of the molecule is Cc1ccc(COCC2(I)COC2)cc1. The molecule has 0 saturated carbocycles. The first kappa shape index (κ1) is 11.4. The van der Waals surface area contributed by atoms with Gasteiger partial charge in [0.05, 0.1) is 29.8 Å². The third-order valence-corrected chi connectivity index (χ3v) is 3.41. The molecule has 3 heteroatoms. The van der Waals surface area contributed by atoms with Crippen molar-refractivity contribution in [3.05, 3.63) is 35.4 Å². The zero-order valence-electron chi connectivity index (χ0n) is 8.83. The molecule has 82 valence electrons. The average Bonchev–Trinajstić information content (AvgIpc) is 2.19. The smallest absolute Gasteiger partial charge is 0.0920 e. The van der Waals surface area contributed by atoms with E-state index in [1.807, 2.05) is 0 Å². The highest BCUT2D eigenvalue weighted by Crippen LogP contribution is 2.28. The number of ether oxygens (including phenoxy) is 2. The normalized spacial score (nSPS) is 18.5. The summed E-state index contributed by atoms with van der Waals surface area (Å²) in [4.78, 5) is 0. The summed E-state index contributed by atoms with van der Waals surface area (Å²) in [6.45, 7) is 5.21. The molecule has 1 fully saturated rings. The topological polar surface area (TPSA) is 18.5 Å². The number of alkyl halides is 1. The second kappa shape index (κ2) is 4.80. The summed E-state index contributed by atoms with van der Waals surface area (Å²) in [6, 6.07) is 8.47. The lowest BCUT2D eigenvalue weighted by Gasteiger charge is -2.35. The van der Waals surface area contributed by atoms with Gasteiger partial charge >= 0.3 is 0 Å². The van der Waals surface area contributed by atoms with E-state index in [2.05, 4.69) is 53.8 Å². The van der Waals surface area contributed by atoms with Gasteiger partial charge in [0, 0.05) is 0 Å². The van der Waals surface area contributed by atoms with Crippen molar-refractivity contribution in [1.29, 1.82) is 0 Å². The lowest BCUT2D eigenvalue weighted by atomic mass is 10.1. The van der Waals surface area contributed by atoms with Crippen molar-refractivity contribution in [2.24, 2.45) is 0 Å². The van der Waals surface area contributed by atoms with E-state index in [0.29, 0.717) is 6.61 Å². The zero-order chi connectivity index (χ0) is 10.7. The monoisotopic (exact) mass is 318 g/mol. The van der Waals surface area contributed by atoms with Crippen LogP contribution in [0.3, 0.4) is 0 Å². The van der Waals surface area contributed by atoms with Crippen LogP contribution in [0.4, 0.5) is 0 Å². The van der Waals surface area contributed by atoms with Gasteiger partial charge in [-0.3, -0.25) is 0 Å². The molecule has 0 spiro atoms. The average molecular weight is 318 g/mol. The van der Waals surface area contributed by atoms with E-state index >= 15 is 0 Å². The van der Waals surface area contributed by atoms with Crippen molar-refractivity contribution in [2.45, 2.75) is 17.0 Å². The van der Waals surface area contributed by atoms with E-state index in [1.165, 1.54) is 11.1 Å². The summed E-state index contributed by atoms with van der Waals surface area (Å²) in [6.07, 6.45) is 0. The van der Waals surface area contributed by atoms with E-state index in [4.69, 9.17) is 9.47 Å². The number of rotatable bonds is 4. The molecule has 2 rings (SSSR count). The molecule has 0 aliphatic carbocycles. The van der Waals surface area contributed by atoms with Crippen LogP contribution in [0.2, 0.25) is 0 Å². The maximum Gasteiger partial charge on any atom is 0.0920 e. The van der Waals surface area contributed by atoms with Gasteiger partial charge in [0.2, 0.25) is 0 Å². The Kier molecular flexibility index (Phi) is 3.64. The molecule has 0 N–H and O–H groups in total. The van der Waals surface area contributed by atoms with E-state index in [1.54, 1.807) is 0 Å². The van der Waals surface area contributed by atoms with Crippen LogP contribution in [0, 0.1) is 6.92 Å². The summed E-state index contributed by atoms with van der Waals surface area (Å²) in [5.74, 6) is 0. The van der Waals surface area contributed by atoms with Gasteiger partial charge in [0.25, 0.3) is 0 Å². The number of hydrogen-bond donors (Lipinski definition) is 0. The molecule has 0 radical (unpaired) electrons. The third-order valence-electron chi connectivity index (χ3n) is 2.47. The molecule has 0 aromatic heterocycles. The molecule has 0 atom stereocenters. The molecule has 1 heterocycles. The minimum atomic E-state index is 0.225. The van der Waals surface area contributed by atoms with Crippen LogP contribution < -0.4 is 0 Å². The predicted molar refractivity (Wildman–Crippen MR) is 68.4 cm³/mol. The summed E-state index contributed by atoms with van der Waals surface area (Å²) in [5, 5.41) is 0. The molecule has 2 nitrogen and oxygen atoms in total. The Morgan fingerprint density at radius 1 is 1.33 bits per heavy atom. The second-order valence-corrected chi connectivity index (χ2v) is 6.41. The van der Waals surface area contributed by atoms with Crippen LogP contribution in [-0.2, 0) is 16.1 Å². The van der Waals surface area contributed by atoms with Crippen molar-refractivity contribution < 1.29 is 9.47 Å². The van der Waals surface area contributed by atoms with Gasteiger partial charge < -0.3 is 9.47 Å². The Balaban J connectivity index is 1.76. The van der Waals surface area contributed by atoms with Crippen LogP contribution in [-0.4, -0.2) is 23.2 Å². The van der Waals surface area contributed by atoms with E-state index < -0.39 is 0 Å². The molecular weight excluding hydrogens is 303 g/mol. The van der Waals surface area contributed by atoms with Crippen molar-refractivity contribution in [1.82, 2.24) is 0 Å².